The van der Waals surface area contributed by atoms with E-state index in [1.54, 1.807) is 36.4 Å². The van der Waals surface area contributed by atoms with E-state index in [9.17, 15) is 14.4 Å². The first kappa shape index (κ1) is 24.2. The third-order valence-electron chi connectivity index (χ3n) is 5.80. The van der Waals surface area contributed by atoms with E-state index in [1.165, 1.54) is 0 Å². The number of ether oxygens (including phenoxy) is 1. The van der Waals surface area contributed by atoms with Gasteiger partial charge in [-0.25, -0.2) is 4.98 Å². The fourth-order valence-electron chi connectivity index (χ4n) is 3.97. The van der Waals surface area contributed by atoms with Crippen LogP contribution in [0.1, 0.15) is 50.5 Å². The minimum Gasteiger partial charge on any atom is -0.497 e. The highest BCUT2D eigenvalue weighted by Gasteiger charge is 2.27. The molecule has 8 nitrogen and oxygen atoms in total. The molecule has 1 heterocycles. The Morgan fingerprint density at radius 1 is 1.00 bits per heavy atom. The van der Waals surface area contributed by atoms with Crippen molar-refractivity contribution in [3.63, 3.8) is 0 Å². The van der Waals surface area contributed by atoms with Crippen molar-refractivity contribution in [2.75, 3.05) is 19.0 Å². The molecule has 0 aliphatic heterocycles. The van der Waals surface area contributed by atoms with Crippen molar-refractivity contribution in [3.05, 3.63) is 54.2 Å². The van der Waals surface area contributed by atoms with Gasteiger partial charge < -0.3 is 20.3 Å². The van der Waals surface area contributed by atoms with Crippen molar-refractivity contribution < 1.29 is 19.1 Å². The number of pyridine rings is 1. The van der Waals surface area contributed by atoms with Crippen LogP contribution in [0, 0.1) is 0 Å². The fourth-order valence-corrected chi connectivity index (χ4v) is 3.97. The van der Waals surface area contributed by atoms with Gasteiger partial charge in [0.2, 0.25) is 17.7 Å². The van der Waals surface area contributed by atoms with E-state index in [-0.39, 0.29) is 43.1 Å². The number of rotatable bonds is 10. The summed E-state index contributed by atoms with van der Waals surface area (Å²) in [5.41, 5.74) is 0.950. The molecule has 3 rings (SSSR count). The molecule has 0 spiro atoms. The van der Waals surface area contributed by atoms with Crippen LogP contribution in [0.4, 0.5) is 5.82 Å². The summed E-state index contributed by atoms with van der Waals surface area (Å²) >= 11 is 0. The maximum Gasteiger partial charge on any atom is 0.239 e. The fraction of sp³-hybridized carbons (Fsp3) is 0.440. The van der Waals surface area contributed by atoms with Gasteiger partial charge in [0.15, 0.2) is 0 Å². The molecule has 1 aliphatic rings. The van der Waals surface area contributed by atoms with E-state index < -0.39 is 0 Å². The summed E-state index contributed by atoms with van der Waals surface area (Å²) < 4.78 is 5.15. The molecule has 0 unspecified atom stereocenters. The lowest BCUT2D eigenvalue weighted by Crippen LogP contribution is -2.47. The molecule has 1 fully saturated rings. The number of hydrogen-bond donors (Lipinski definition) is 2. The number of methoxy groups -OCH3 is 1. The number of nitrogens with one attached hydrogen (secondary N) is 2. The monoisotopic (exact) mass is 452 g/mol. The van der Waals surface area contributed by atoms with Crippen LogP contribution in [0.15, 0.2) is 48.7 Å². The van der Waals surface area contributed by atoms with Gasteiger partial charge in [-0.3, -0.25) is 14.4 Å². The van der Waals surface area contributed by atoms with E-state index in [0.717, 1.165) is 43.4 Å². The summed E-state index contributed by atoms with van der Waals surface area (Å²) in [4.78, 5) is 43.6. The number of carbonyl (C=O) groups is 3. The van der Waals surface area contributed by atoms with Crippen LogP contribution in [0.2, 0.25) is 0 Å². The normalized spacial score (nSPS) is 13.7. The molecular formula is C25H32N4O4. The Bertz CT molecular complexity index is 912. The molecule has 1 aliphatic carbocycles. The van der Waals surface area contributed by atoms with E-state index in [4.69, 9.17) is 4.74 Å². The highest BCUT2D eigenvalue weighted by Crippen LogP contribution is 2.23. The Morgan fingerprint density at radius 3 is 2.42 bits per heavy atom. The lowest BCUT2D eigenvalue weighted by Gasteiger charge is -2.34. The second-order valence-electron chi connectivity index (χ2n) is 8.20. The Labute approximate surface area is 194 Å². The summed E-state index contributed by atoms with van der Waals surface area (Å²) in [6.45, 7) is 0.378. The van der Waals surface area contributed by atoms with Gasteiger partial charge in [-0.15, -0.1) is 0 Å². The van der Waals surface area contributed by atoms with Crippen molar-refractivity contribution in [1.82, 2.24) is 15.2 Å². The van der Waals surface area contributed by atoms with Gasteiger partial charge in [-0.05, 0) is 42.7 Å². The zero-order chi connectivity index (χ0) is 23.5. The number of carbonyl (C=O) groups excluding carboxylic acids is 3. The lowest BCUT2D eigenvalue weighted by molar-refractivity contribution is -0.139. The third kappa shape index (κ3) is 7.89. The summed E-state index contributed by atoms with van der Waals surface area (Å²) in [6.07, 6.45) is 6.71. The second-order valence-corrected chi connectivity index (χ2v) is 8.20. The highest BCUT2D eigenvalue weighted by atomic mass is 16.5. The first-order valence-electron chi connectivity index (χ1n) is 11.4. The van der Waals surface area contributed by atoms with Crippen LogP contribution < -0.4 is 15.4 Å². The zero-order valence-electron chi connectivity index (χ0n) is 19.1. The smallest absolute Gasteiger partial charge is 0.239 e. The average molecular weight is 453 g/mol. The minimum absolute atomic E-state index is 0.00150. The molecule has 0 bridgehead atoms. The van der Waals surface area contributed by atoms with E-state index in [2.05, 4.69) is 15.6 Å². The van der Waals surface area contributed by atoms with Crippen molar-refractivity contribution >= 4 is 23.5 Å². The van der Waals surface area contributed by atoms with Crippen LogP contribution in [0.25, 0.3) is 0 Å². The first-order valence-corrected chi connectivity index (χ1v) is 11.4. The number of amides is 3. The maximum absolute atomic E-state index is 13.0. The van der Waals surface area contributed by atoms with Gasteiger partial charge in [0.1, 0.15) is 11.6 Å². The van der Waals surface area contributed by atoms with Gasteiger partial charge >= 0.3 is 0 Å². The average Bonchev–Trinajstić information content (AvgIpc) is 2.86. The van der Waals surface area contributed by atoms with E-state index in [0.29, 0.717) is 12.4 Å². The third-order valence-corrected chi connectivity index (χ3v) is 5.80. The number of hydrogen-bond acceptors (Lipinski definition) is 5. The van der Waals surface area contributed by atoms with Crippen molar-refractivity contribution in [1.29, 1.82) is 0 Å². The molecule has 0 atom stereocenters. The van der Waals surface area contributed by atoms with Gasteiger partial charge in [0, 0.05) is 31.6 Å². The van der Waals surface area contributed by atoms with E-state index >= 15 is 0 Å². The molecule has 2 N–H and O–H groups in total. The summed E-state index contributed by atoms with van der Waals surface area (Å²) in [5, 5.41) is 5.59. The van der Waals surface area contributed by atoms with Gasteiger partial charge in [0.05, 0.1) is 13.7 Å². The maximum atomic E-state index is 13.0. The predicted octanol–water partition coefficient (Wildman–Crippen LogP) is 3.29. The number of benzene rings is 1. The molecule has 3 amide bonds. The van der Waals surface area contributed by atoms with Crippen molar-refractivity contribution in [3.8, 4) is 5.75 Å². The molecule has 1 aromatic carbocycles. The topological polar surface area (TPSA) is 101 Å². The Hall–Kier alpha value is -3.42. The number of nitrogens with zero attached hydrogens (tertiary/aromatic N) is 2. The summed E-state index contributed by atoms with van der Waals surface area (Å²) in [7, 11) is 1.61. The molecule has 176 valence electrons. The van der Waals surface area contributed by atoms with Crippen LogP contribution in [-0.4, -0.2) is 47.3 Å². The van der Waals surface area contributed by atoms with Gasteiger partial charge in [0.25, 0.3) is 0 Å². The molecule has 8 heteroatoms. The van der Waals surface area contributed by atoms with Gasteiger partial charge in [-0.1, -0.05) is 37.5 Å². The lowest BCUT2D eigenvalue weighted by atomic mass is 9.94. The van der Waals surface area contributed by atoms with Gasteiger partial charge in [-0.2, -0.15) is 0 Å². The van der Waals surface area contributed by atoms with Crippen LogP contribution >= 0.6 is 0 Å². The highest BCUT2D eigenvalue weighted by molar-refractivity contribution is 5.93. The quantitative estimate of drug-likeness (QED) is 0.576. The van der Waals surface area contributed by atoms with Crippen molar-refractivity contribution in [2.24, 2.45) is 0 Å². The molecule has 1 aromatic heterocycles. The molecule has 0 radical (unpaired) electrons. The SMILES string of the molecule is COc1ccc(CNC(=O)CN(C(=O)CCC(=O)Nc2ccccn2)C2CCCCC2)cc1. The summed E-state index contributed by atoms with van der Waals surface area (Å²) in [6, 6.07) is 12.7. The Kier molecular flexibility index (Phi) is 9.23. The number of aromatic nitrogens is 1. The summed E-state index contributed by atoms with van der Waals surface area (Å²) in [5.74, 6) is 0.568. The predicted molar refractivity (Wildman–Crippen MR) is 126 cm³/mol. The zero-order valence-corrected chi connectivity index (χ0v) is 19.1. The molecule has 0 saturated heterocycles. The van der Waals surface area contributed by atoms with Crippen molar-refractivity contribution in [2.45, 2.75) is 57.5 Å². The van der Waals surface area contributed by atoms with E-state index in [1.807, 2.05) is 24.3 Å². The Balaban J connectivity index is 1.53. The second kappa shape index (κ2) is 12.6. The van der Waals surface area contributed by atoms with Crippen LogP contribution in [0.5, 0.6) is 5.75 Å². The van der Waals surface area contributed by atoms with Crippen LogP contribution in [0.3, 0.4) is 0 Å². The first-order chi connectivity index (χ1) is 16.0. The number of anilines is 1. The molecule has 2 aromatic rings. The van der Waals surface area contributed by atoms with Crippen LogP contribution in [-0.2, 0) is 20.9 Å². The minimum atomic E-state index is -0.269. The molecule has 1 saturated carbocycles. The Morgan fingerprint density at radius 2 is 1.76 bits per heavy atom. The standard InChI is InChI=1S/C25H32N4O4/c1-33-21-12-10-19(11-13-21)17-27-24(31)18-29(20-7-3-2-4-8-20)25(32)15-14-23(30)28-22-9-5-6-16-26-22/h5-6,9-13,16,20H,2-4,7-8,14-15,17-18H2,1H3,(H,27,31)(H,26,28,30). The largest absolute Gasteiger partial charge is 0.497 e. The molecule has 33 heavy (non-hydrogen) atoms. The molecular weight excluding hydrogens is 420 g/mol.